The molecule has 8 heteroatoms. The minimum absolute atomic E-state index is 0.372. The van der Waals surface area contributed by atoms with Gasteiger partial charge in [-0.2, -0.15) is 4.98 Å². The maximum atomic E-state index is 5.43. The lowest BCUT2D eigenvalue weighted by molar-refractivity contribution is 0.396. The molecule has 0 aliphatic rings. The van der Waals surface area contributed by atoms with Crippen LogP contribution in [0.5, 0.6) is 5.88 Å². The molecule has 0 saturated heterocycles. The van der Waals surface area contributed by atoms with Gasteiger partial charge in [0, 0.05) is 18.9 Å². The molecule has 0 aliphatic heterocycles. The smallest absolute Gasteiger partial charge is 0.259 e. The van der Waals surface area contributed by atoms with E-state index in [-0.39, 0.29) is 0 Å². The Balaban J connectivity index is 1.80. The van der Waals surface area contributed by atoms with E-state index >= 15 is 0 Å². The van der Waals surface area contributed by atoms with E-state index in [9.17, 15) is 0 Å². The van der Waals surface area contributed by atoms with Gasteiger partial charge >= 0.3 is 0 Å². The summed E-state index contributed by atoms with van der Waals surface area (Å²) < 4.78 is 12.7. The van der Waals surface area contributed by atoms with Crippen LogP contribution in [0.4, 0.5) is 0 Å². The molecule has 25 heavy (non-hydrogen) atoms. The molecule has 0 bridgehead atoms. The van der Waals surface area contributed by atoms with Gasteiger partial charge in [-0.1, -0.05) is 5.16 Å². The number of ether oxygens (including phenoxy) is 1. The second kappa shape index (κ2) is 5.66. The Kier molecular flexibility index (Phi) is 3.45. The summed E-state index contributed by atoms with van der Waals surface area (Å²) in [5, 5.41) is 4.09. The van der Waals surface area contributed by atoms with Gasteiger partial charge in [-0.05, 0) is 31.5 Å². The molecular weight excluding hydrogens is 320 g/mol. The highest BCUT2D eigenvalue weighted by Crippen LogP contribution is 2.31. The molecule has 0 saturated carbocycles. The number of pyridine rings is 2. The fourth-order valence-electron chi connectivity index (χ4n) is 2.80. The highest BCUT2D eigenvalue weighted by molar-refractivity contribution is 5.76. The molecule has 4 aromatic heterocycles. The number of fused-ring (bicyclic) bond motifs is 1. The number of nitrogens with zero attached hydrogens (tertiary/aromatic N) is 6. The molecule has 8 nitrogen and oxygen atoms in total. The van der Waals surface area contributed by atoms with Crippen molar-refractivity contribution >= 4 is 11.2 Å². The van der Waals surface area contributed by atoms with E-state index in [0.29, 0.717) is 23.2 Å². The standard InChI is InChI=1S/C17H16N6O2/c1-9-5-10(2)20-17(24-4)13(9)14-21-16(25-22-14)11-6-12-15(18-7-11)23(3)8-19-12/h5-8H,1-4H3. The van der Waals surface area contributed by atoms with Crippen LogP contribution < -0.4 is 4.74 Å². The van der Waals surface area contributed by atoms with Crippen molar-refractivity contribution in [2.75, 3.05) is 7.11 Å². The highest BCUT2D eigenvalue weighted by atomic mass is 16.5. The molecule has 4 aromatic rings. The normalized spacial score (nSPS) is 11.2. The Bertz CT molecular complexity index is 1080. The molecule has 0 N–H and O–H groups in total. The summed E-state index contributed by atoms with van der Waals surface area (Å²) in [6, 6.07) is 3.83. The van der Waals surface area contributed by atoms with Crippen LogP contribution in [0.1, 0.15) is 11.3 Å². The van der Waals surface area contributed by atoms with Gasteiger partial charge in [0.15, 0.2) is 5.65 Å². The van der Waals surface area contributed by atoms with Crippen molar-refractivity contribution in [1.82, 2.24) is 29.7 Å². The van der Waals surface area contributed by atoms with Crippen molar-refractivity contribution in [1.29, 1.82) is 0 Å². The Labute approximate surface area is 143 Å². The molecule has 0 aliphatic carbocycles. The number of methoxy groups -OCH3 is 1. The Hall–Kier alpha value is -3.29. The predicted molar refractivity (Wildman–Crippen MR) is 91.1 cm³/mol. The molecule has 0 atom stereocenters. The molecule has 0 radical (unpaired) electrons. The Morgan fingerprint density at radius 1 is 1.12 bits per heavy atom. The summed E-state index contributed by atoms with van der Waals surface area (Å²) in [7, 11) is 3.47. The first-order chi connectivity index (χ1) is 12.1. The van der Waals surface area contributed by atoms with Crippen molar-refractivity contribution in [3.8, 4) is 28.7 Å². The average molecular weight is 336 g/mol. The van der Waals surface area contributed by atoms with Crippen molar-refractivity contribution in [2.45, 2.75) is 13.8 Å². The molecule has 0 aromatic carbocycles. The van der Waals surface area contributed by atoms with Gasteiger partial charge < -0.3 is 13.8 Å². The first-order valence-electron chi connectivity index (χ1n) is 7.70. The second-order valence-corrected chi connectivity index (χ2v) is 5.81. The van der Waals surface area contributed by atoms with E-state index in [1.54, 1.807) is 19.6 Å². The summed E-state index contributed by atoms with van der Waals surface area (Å²) in [6.07, 6.45) is 3.41. The van der Waals surface area contributed by atoms with E-state index in [0.717, 1.165) is 28.0 Å². The van der Waals surface area contributed by atoms with Crippen molar-refractivity contribution in [3.05, 3.63) is 35.9 Å². The molecule has 4 heterocycles. The van der Waals surface area contributed by atoms with E-state index in [4.69, 9.17) is 9.26 Å². The van der Waals surface area contributed by atoms with Gasteiger partial charge in [0.05, 0.1) is 24.6 Å². The minimum atomic E-state index is 0.372. The number of hydrogen-bond donors (Lipinski definition) is 0. The van der Waals surface area contributed by atoms with Crippen LogP contribution in [-0.4, -0.2) is 36.8 Å². The fourth-order valence-corrected chi connectivity index (χ4v) is 2.80. The third-order valence-electron chi connectivity index (χ3n) is 3.95. The van der Waals surface area contributed by atoms with Crippen LogP contribution >= 0.6 is 0 Å². The summed E-state index contributed by atoms with van der Waals surface area (Å²) in [5.74, 6) is 1.28. The highest BCUT2D eigenvalue weighted by Gasteiger charge is 2.19. The third-order valence-corrected chi connectivity index (χ3v) is 3.95. The van der Waals surface area contributed by atoms with Crippen LogP contribution in [0.2, 0.25) is 0 Å². The van der Waals surface area contributed by atoms with Crippen LogP contribution in [0.25, 0.3) is 34.0 Å². The zero-order valence-electron chi connectivity index (χ0n) is 14.3. The predicted octanol–water partition coefficient (Wildman–Crippen LogP) is 2.71. The molecule has 0 fully saturated rings. The molecule has 0 spiro atoms. The summed E-state index contributed by atoms with van der Waals surface area (Å²) in [4.78, 5) is 17.6. The monoisotopic (exact) mass is 336 g/mol. The number of imidazole rings is 1. The maximum Gasteiger partial charge on any atom is 0.259 e. The van der Waals surface area contributed by atoms with Crippen LogP contribution in [-0.2, 0) is 7.05 Å². The average Bonchev–Trinajstić information content (AvgIpc) is 3.21. The van der Waals surface area contributed by atoms with Gasteiger partial charge in [0.1, 0.15) is 5.52 Å². The first kappa shape index (κ1) is 15.3. The van der Waals surface area contributed by atoms with Gasteiger partial charge in [-0.15, -0.1) is 0 Å². The number of rotatable bonds is 3. The first-order valence-corrected chi connectivity index (χ1v) is 7.70. The molecule has 0 unspecified atom stereocenters. The zero-order valence-corrected chi connectivity index (χ0v) is 14.3. The molecule has 0 amide bonds. The van der Waals surface area contributed by atoms with Crippen LogP contribution in [0.3, 0.4) is 0 Å². The van der Waals surface area contributed by atoms with E-state index < -0.39 is 0 Å². The molecule has 4 rings (SSSR count). The van der Waals surface area contributed by atoms with E-state index in [2.05, 4.69) is 25.1 Å². The summed E-state index contributed by atoms with van der Waals surface area (Å²) in [5.41, 5.74) is 4.83. The molecule has 126 valence electrons. The van der Waals surface area contributed by atoms with E-state index in [1.165, 1.54) is 0 Å². The maximum absolute atomic E-state index is 5.43. The number of aromatic nitrogens is 6. The van der Waals surface area contributed by atoms with Crippen molar-refractivity contribution in [3.63, 3.8) is 0 Å². The summed E-state index contributed by atoms with van der Waals surface area (Å²) >= 11 is 0. The summed E-state index contributed by atoms with van der Waals surface area (Å²) in [6.45, 7) is 3.87. The number of hydrogen-bond acceptors (Lipinski definition) is 7. The lowest BCUT2D eigenvalue weighted by Gasteiger charge is -2.08. The molecular formula is C17H16N6O2. The van der Waals surface area contributed by atoms with Crippen LogP contribution in [0.15, 0.2) is 29.2 Å². The van der Waals surface area contributed by atoms with E-state index in [1.807, 2.05) is 37.6 Å². The van der Waals surface area contributed by atoms with Gasteiger partial charge in [-0.3, -0.25) is 0 Å². The number of aryl methyl sites for hydroxylation is 3. The quantitative estimate of drug-likeness (QED) is 0.568. The lowest BCUT2D eigenvalue weighted by Crippen LogP contribution is -1.97. The van der Waals surface area contributed by atoms with Gasteiger partial charge in [-0.25, -0.2) is 15.0 Å². The largest absolute Gasteiger partial charge is 0.480 e. The second-order valence-electron chi connectivity index (χ2n) is 5.81. The third kappa shape index (κ3) is 2.51. The Morgan fingerprint density at radius 3 is 2.76 bits per heavy atom. The van der Waals surface area contributed by atoms with Crippen molar-refractivity contribution in [2.24, 2.45) is 7.05 Å². The fraction of sp³-hybridized carbons (Fsp3) is 0.235. The zero-order chi connectivity index (χ0) is 17.6. The SMILES string of the molecule is COc1nc(C)cc(C)c1-c1noc(-c2cnc3c(c2)ncn3C)n1. The topological polar surface area (TPSA) is 91.8 Å². The lowest BCUT2D eigenvalue weighted by atomic mass is 10.1. The van der Waals surface area contributed by atoms with Gasteiger partial charge in [0.25, 0.3) is 5.89 Å². The van der Waals surface area contributed by atoms with Gasteiger partial charge in [0.2, 0.25) is 11.7 Å². The van der Waals surface area contributed by atoms with Crippen LogP contribution in [0, 0.1) is 13.8 Å². The van der Waals surface area contributed by atoms with Crippen molar-refractivity contribution < 1.29 is 9.26 Å². The Morgan fingerprint density at radius 2 is 1.96 bits per heavy atom. The minimum Gasteiger partial charge on any atom is -0.480 e.